The topological polar surface area (TPSA) is 34.1 Å². The molecule has 1 aromatic carbocycles. The molecule has 1 aromatic heterocycles. The number of rotatable bonds is 5. The molecule has 0 aliphatic rings. The van der Waals surface area contributed by atoms with E-state index in [4.69, 9.17) is 4.74 Å². The third kappa shape index (κ3) is 3.20. The zero-order valence-corrected chi connectivity index (χ0v) is 11.2. The Morgan fingerprint density at radius 2 is 2.06 bits per heavy atom. The summed E-state index contributed by atoms with van der Waals surface area (Å²) in [6.45, 7) is 7.64. The van der Waals surface area contributed by atoms with Crippen molar-refractivity contribution in [3.63, 3.8) is 0 Å². The van der Waals surface area contributed by atoms with Crippen LogP contribution in [0.3, 0.4) is 0 Å². The summed E-state index contributed by atoms with van der Waals surface area (Å²) >= 11 is 0. The van der Waals surface area contributed by atoms with Crippen LogP contribution in [-0.4, -0.2) is 24.2 Å². The highest BCUT2D eigenvalue weighted by molar-refractivity contribution is 5.91. The number of pyridine rings is 1. The van der Waals surface area contributed by atoms with E-state index in [9.17, 15) is 0 Å². The van der Waals surface area contributed by atoms with E-state index in [1.807, 2.05) is 39.0 Å². The van der Waals surface area contributed by atoms with Crippen LogP contribution in [0.2, 0.25) is 0 Å². The highest BCUT2D eigenvalue weighted by atomic mass is 16.5. The quantitative estimate of drug-likeness (QED) is 0.819. The average Bonchev–Trinajstić information content (AvgIpc) is 2.34. The SMILES string of the molecule is Cc1cc(NCCOC(C)C)c2ccccc2n1. The van der Waals surface area contributed by atoms with E-state index >= 15 is 0 Å². The summed E-state index contributed by atoms with van der Waals surface area (Å²) in [5.41, 5.74) is 3.19. The number of nitrogens with one attached hydrogen (secondary N) is 1. The third-order valence-electron chi connectivity index (χ3n) is 2.71. The number of fused-ring (bicyclic) bond motifs is 1. The summed E-state index contributed by atoms with van der Waals surface area (Å²) in [4.78, 5) is 4.52. The number of anilines is 1. The van der Waals surface area contributed by atoms with E-state index in [2.05, 4.69) is 22.4 Å². The van der Waals surface area contributed by atoms with Crippen LogP contribution in [-0.2, 0) is 4.74 Å². The number of ether oxygens (including phenoxy) is 1. The number of aryl methyl sites for hydroxylation is 1. The summed E-state index contributed by atoms with van der Waals surface area (Å²) in [7, 11) is 0. The largest absolute Gasteiger partial charge is 0.382 e. The van der Waals surface area contributed by atoms with E-state index in [0.29, 0.717) is 6.61 Å². The average molecular weight is 244 g/mol. The lowest BCUT2D eigenvalue weighted by molar-refractivity contribution is 0.0871. The summed E-state index contributed by atoms with van der Waals surface area (Å²) in [6.07, 6.45) is 0.280. The molecule has 0 aliphatic carbocycles. The van der Waals surface area contributed by atoms with Crippen molar-refractivity contribution in [3.05, 3.63) is 36.0 Å². The predicted octanol–water partition coefficient (Wildman–Crippen LogP) is 3.38. The van der Waals surface area contributed by atoms with E-state index in [-0.39, 0.29) is 6.10 Å². The lowest BCUT2D eigenvalue weighted by Crippen LogP contribution is -2.13. The van der Waals surface area contributed by atoms with E-state index in [0.717, 1.165) is 28.8 Å². The second-order valence-electron chi connectivity index (χ2n) is 4.67. The number of hydrogen-bond donors (Lipinski definition) is 1. The highest BCUT2D eigenvalue weighted by Gasteiger charge is 2.02. The minimum absolute atomic E-state index is 0.280. The van der Waals surface area contributed by atoms with Gasteiger partial charge in [-0.05, 0) is 32.9 Å². The van der Waals surface area contributed by atoms with Gasteiger partial charge in [-0.25, -0.2) is 0 Å². The summed E-state index contributed by atoms with van der Waals surface area (Å²) in [5.74, 6) is 0. The fourth-order valence-electron chi connectivity index (χ4n) is 1.93. The molecule has 0 aliphatic heterocycles. The first-order chi connectivity index (χ1) is 8.66. The maximum absolute atomic E-state index is 5.53. The van der Waals surface area contributed by atoms with Crippen molar-refractivity contribution in [1.82, 2.24) is 4.98 Å². The summed E-state index contributed by atoms with van der Waals surface area (Å²) in [6, 6.07) is 10.3. The number of aromatic nitrogens is 1. The number of para-hydroxylation sites is 1. The van der Waals surface area contributed by atoms with Gasteiger partial charge in [0, 0.05) is 23.3 Å². The van der Waals surface area contributed by atoms with Crippen LogP contribution in [0.4, 0.5) is 5.69 Å². The van der Waals surface area contributed by atoms with Crippen molar-refractivity contribution in [2.45, 2.75) is 26.9 Å². The smallest absolute Gasteiger partial charge is 0.0725 e. The Kier molecular flexibility index (Phi) is 4.15. The summed E-state index contributed by atoms with van der Waals surface area (Å²) in [5, 5.41) is 4.58. The van der Waals surface area contributed by atoms with Gasteiger partial charge in [0.15, 0.2) is 0 Å². The minimum Gasteiger partial charge on any atom is -0.382 e. The van der Waals surface area contributed by atoms with Gasteiger partial charge in [-0.3, -0.25) is 4.98 Å². The first-order valence-corrected chi connectivity index (χ1v) is 6.38. The van der Waals surface area contributed by atoms with Gasteiger partial charge < -0.3 is 10.1 Å². The number of hydrogen-bond acceptors (Lipinski definition) is 3. The Morgan fingerprint density at radius 1 is 1.28 bits per heavy atom. The van der Waals surface area contributed by atoms with Gasteiger partial charge in [0.1, 0.15) is 0 Å². The van der Waals surface area contributed by atoms with Crippen LogP contribution < -0.4 is 5.32 Å². The van der Waals surface area contributed by atoms with Crippen molar-refractivity contribution in [2.75, 3.05) is 18.5 Å². The molecule has 3 nitrogen and oxygen atoms in total. The molecule has 96 valence electrons. The molecule has 2 aromatic rings. The Morgan fingerprint density at radius 3 is 2.83 bits per heavy atom. The monoisotopic (exact) mass is 244 g/mol. The Balaban J connectivity index is 2.12. The van der Waals surface area contributed by atoms with Gasteiger partial charge in [-0.1, -0.05) is 18.2 Å². The van der Waals surface area contributed by atoms with Crippen molar-refractivity contribution in [3.8, 4) is 0 Å². The van der Waals surface area contributed by atoms with Gasteiger partial charge >= 0.3 is 0 Å². The molecule has 0 fully saturated rings. The molecule has 1 N–H and O–H groups in total. The Hall–Kier alpha value is -1.61. The van der Waals surface area contributed by atoms with Gasteiger partial charge in [0.05, 0.1) is 18.2 Å². The first kappa shape index (κ1) is 12.8. The Bertz CT molecular complexity index is 523. The minimum atomic E-state index is 0.280. The van der Waals surface area contributed by atoms with E-state index in [1.54, 1.807) is 0 Å². The van der Waals surface area contributed by atoms with Gasteiger partial charge in [-0.2, -0.15) is 0 Å². The second kappa shape index (κ2) is 5.83. The van der Waals surface area contributed by atoms with E-state index in [1.165, 1.54) is 0 Å². The Labute approximate surface area is 108 Å². The van der Waals surface area contributed by atoms with Crippen LogP contribution >= 0.6 is 0 Å². The zero-order chi connectivity index (χ0) is 13.0. The number of nitrogens with zero attached hydrogens (tertiary/aromatic N) is 1. The van der Waals surface area contributed by atoms with Crippen molar-refractivity contribution in [2.24, 2.45) is 0 Å². The molecular weight excluding hydrogens is 224 g/mol. The molecule has 0 saturated heterocycles. The summed E-state index contributed by atoms with van der Waals surface area (Å²) < 4.78 is 5.53. The normalized spacial score (nSPS) is 11.1. The van der Waals surface area contributed by atoms with Gasteiger partial charge in [-0.15, -0.1) is 0 Å². The molecule has 3 heteroatoms. The maximum atomic E-state index is 5.53. The molecule has 2 rings (SSSR count). The van der Waals surface area contributed by atoms with Crippen molar-refractivity contribution in [1.29, 1.82) is 0 Å². The highest BCUT2D eigenvalue weighted by Crippen LogP contribution is 2.22. The van der Waals surface area contributed by atoms with Gasteiger partial charge in [0.2, 0.25) is 0 Å². The van der Waals surface area contributed by atoms with Crippen molar-refractivity contribution >= 4 is 16.6 Å². The molecule has 0 amide bonds. The van der Waals surface area contributed by atoms with Crippen LogP contribution in [0.15, 0.2) is 30.3 Å². The van der Waals surface area contributed by atoms with Gasteiger partial charge in [0.25, 0.3) is 0 Å². The lowest BCUT2D eigenvalue weighted by Gasteiger charge is -2.12. The standard InChI is InChI=1S/C15H20N2O/c1-11(2)18-9-8-16-15-10-12(3)17-14-7-5-4-6-13(14)15/h4-7,10-11H,8-9H2,1-3H3,(H,16,17). The zero-order valence-electron chi connectivity index (χ0n) is 11.2. The van der Waals surface area contributed by atoms with Crippen LogP contribution in [0.5, 0.6) is 0 Å². The second-order valence-corrected chi connectivity index (χ2v) is 4.67. The number of benzene rings is 1. The molecule has 18 heavy (non-hydrogen) atoms. The lowest BCUT2D eigenvalue weighted by atomic mass is 10.1. The van der Waals surface area contributed by atoms with Crippen molar-refractivity contribution < 1.29 is 4.74 Å². The van der Waals surface area contributed by atoms with Crippen LogP contribution in [0.25, 0.3) is 10.9 Å². The molecular formula is C15H20N2O. The fourth-order valence-corrected chi connectivity index (χ4v) is 1.93. The predicted molar refractivity (Wildman–Crippen MR) is 76.1 cm³/mol. The molecule has 0 bridgehead atoms. The molecule has 0 spiro atoms. The third-order valence-corrected chi connectivity index (χ3v) is 2.71. The van der Waals surface area contributed by atoms with E-state index < -0.39 is 0 Å². The molecule has 0 unspecified atom stereocenters. The maximum Gasteiger partial charge on any atom is 0.0725 e. The molecule has 0 saturated carbocycles. The first-order valence-electron chi connectivity index (χ1n) is 6.38. The van der Waals surface area contributed by atoms with Crippen LogP contribution in [0, 0.1) is 6.92 Å². The molecule has 0 radical (unpaired) electrons. The molecule has 0 atom stereocenters. The fraction of sp³-hybridized carbons (Fsp3) is 0.400. The van der Waals surface area contributed by atoms with Crippen LogP contribution in [0.1, 0.15) is 19.5 Å². The molecule has 1 heterocycles.